The number of amides is 1. The summed E-state index contributed by atoms with van der Waals surface area (Å²) in [6, 6.07) is 7.80. The van der Waals surface area contributed by atoms with Crippen molar-refractivity contribution in [1.82, 2.24) is 14.8 Å². The molecule has 3 N–H and O–H groups in total. The second-order valence-electron chi connectivity index (χ2n) is 5.91. The molecule has 6 nitrogen and oxygen atoms in total. The number of pyridine rings is 1. The Kier molecular flexibility index (Phi) is 4.20. The number of hydrogen-bond acceptors (Lipinski definition) is 4. The van der Waals surface area contributed by atoms with Gasteiger partial charge in [0.05, 0.1) is 17.9 Å². The van der Waals surface area contributed by atoms with Crippen molar-refractivity contribution in [3.63, 3.8) is 0 Å². The molecule has 0 radical (unpaired) electrons. The lowest BCUT2D eigenvalue weighted by Crippen LogP contribution is -2.24. The van der Waals surface area contributed by atoms with Crippen molar-refractivity contribution in [1.29, 1.82) is 0 Å². The first kappa shape index (κ1) is 14.7. The van der Waals surface area contributed by atoms with E-state index in [1.807, 2.05) is 31.2 Å². The SMILES string of the molecule is Cc1cc(NC(=O)[C@@H]2CC[C@H](N)C2)n(Cc2ccccn2)n1. The van der Waals surface area contributed by atoms with Crippen LogP contribution >= 0.6 is 0 Å². The van der Waals surface area contributed by atoms with Crippen molar-refractivity contribution in [2.24, 2.45) is 11.7 Å². The maximum absolute atomic E-state index is 12.4. The van der Waals surface area contributed by atoms with Gasteiger partial charge in [-0.05, 0) is 38.3 Å². The van der Waals surface area contributed by atoms with Gasteiger partial charge in [-0.2, -0.15) is 5.10 Å². The van der Waals surface area contributed by atoms with E-state index in [0.717, 1.165) is 30.7 Å². The molecule has 0 aliphatic heterocycles. The van der Waals surface area contributed by atoms with E-state index in [-0.39, 0.29) is 17.9 Å². The van der Waals surface area contributed by atoms with Gasteiger partial charge in [0.1, 0.15) is 5.82 Å². The zero-order chi connectivity index (χ0) is 15.5. The number of nitrogens with one attached hydrogen (secondary N) is 1. The molecule has 2 aromatic rings. The van der Waals surface area contributed by atoms with E-state index in [1.54, 1.807) is 10.9 Å². The van der Waals surface area contributed by atoms with Crippen LogP contribution in [0, 0.1) is 12.8 Å². The molecular weight excluding hydrogens is 278 g/mol. The molecule has 2 heterocycles. The number of anilines is 1. The standard InChI is InChI=1S/C16H21N5O/c1-11-8-15(19-16(22)12-5-6-13(17)9-12)21(20-11)10-14-4-2-3-7-18-14/h2-4,7-8,12-13H,5-6,9-10,17H2,1H3,(H,19,22)/t12-,13+/m1/s1. The highest BCUT2D eigenvalue weighted by molar-refractivity contribution is 5.92. The van der Waals surface area contributed by atoms with Crippen LogP contribution in [-0.4, -0.2) is 26.7 Å². The maximum atomic E-state index is 12.4. The molecule has 22 heavy (non-hydrogen) atoms. The summed E-state index contributed by atoms with van der Waals surface area (Å²) in [6.45, 7) is 2.45. The Morgan fingerprint density at radius 2 is 2.32 bits per heavy atom. The van der Waals surface area contributed by atoms with Crippen LogP contribution in [-0.2, 0) is 11.3 Å². The Bertz CT molecular complexity index is 652. The van der Waals surface area contributed by atoms with E-state index in [9.17, 15) is 4.79 Å². The normalized spacial score (nSPS) is 21.0. The van der Waals surface area contributed by atoms with Gasteiger partial charge in [-0.3, -0.25) is 9.78 Å². The molecule has 2 aromatic heterocycles. The number of aryl methyl sites for hydroxylation is 1. The molecule has 0 bridgehead atoms. The van der Waals surface area contributed by atoms with Gasteiger partial charge in [-0.1, -0.05) is 6.07 Å². The third kappa shape index (κ3) is 3.33. The lowest BCUT2D eigenvalue weighted by Gasteiger charge is -2.12. The monoisotopic (exact) mass is 299 g/mol. The maximum Gasteiger partial charge on any atom is 0.228 e. The van der Waals surface area contributed by atoms with Gasteiger partial charge in [0.15, 0.2) is 0 Å². The summed E-state index contributed by atoms with van der Waals surface area (Å²) in [4.78, 5) is 16.7. The molecule has 3 rings (SSSR count). The topological polar surface area (TPSA) is 85.8 Å². The molecule has 1 fully saturated rings. The Morgan fingerprint density at radius 1 is 1.45 bits per heavy atom. The summed E-state index contributed by atoms with van der Waals surface area (Å²) in [6.07, 6.45) is 4.30. The predicted octanol–water partition coefficient (Wildman–Crippen LogP) is 1.70. The van der Waals surface area contributed by atoms with Gasteiger partial charge in [0.2, 0.25) is 5.91 Å². The largest absolute Gasteiger partial charge is 0.328 e. The van der Waals surface area contributed by atoms with Crippen molar-refractivity contribution in [3.8, 4) is 0 Å². The van der Waals surface area contributed by atoms with Gasteiger partial charge in [0, 0.05) is 24.2 Å². The molecule has 1 aliphatic rings. The molecule has 0 unspecified atom stereocenters. The molecular formula is C16H21N5O. The first-order valence-electron chi connectivity index (χ1n) is 7.62. The quantitative estimate of drug-likeness (QED) is 0.899. The van der Waals surface area contributed by atoms with Gasteiger partial charge in [-0.25, -0.2) is 4.68 Å². The summed E-state index contributed by atoms with van der Waals surface area (Å²) in [5.41, 5.74) is 7.66. The Balaban J connectivity index is 1.72. The van der Waals surface area contributed by atoms with Crippen molar-refractivity contribution in [2.45, 2.75) is 38.8 Å². The molecule has 0 aromatic carbocycles. The number of hydrogen-bond donors (Lipinski definition) is 2. The number of rotatable bonds is 4. The highest BCUT2D eigenvalue weighted by atomic mass is 16.2. The van der Waals surface area contributed by atoms with Crippen LogP contribution in [0.25, 0.3) is 0 Å². The fourth-order valence-corrected chi connectivity index (χ4v) is 2.89. The minimum atomic E-state index is 0.00788. The number of nitrogens with two attached hydrogens (primary N) is 1. The number of carbonyl (C=O) groups is 1. The smallest absolute Gasteiger partial charge is 0.228 e. The molecule has 0 spiro atoms. The molecule has 6 heteroatoms. The minimum Gasteiger partial charge on any atom is -0.328 e. The van der Waals surface area contributed by atoms with Gasteiger partial charge in [0.25, 0.3) is 0 Å². The summed E-state index contributed by atoms with van der Waals surface area (Å²) >= 11 is 0. The lowest BCUT2D eigenvalue weighted by molar-refractivity contribution is -0.119. The summed E-state index contributed by atoms with van der Waals surface area (Å²) in [5.74, 6) is 0.761. The minimum absolute atomic E-state index is 0.00788. The highest BCUT2D eigenvalue weighted by Crippen LogP contribution is 2.25. The summed E-state index contributed by atoms with van der Waals surface area (Å²) in [7, 11) is 0. The fraction of sp³-hybridized carbons (Fsp3) is 0.438. The van der Waals surface area contributed by atoms with Crippen LogP contribution in [0.5, 0.6) is 0 Å². The molecule has 1 amide bonds. The summed E-state index contributed by atoms with van der Waals surface area (Å²) in [5, 5.41) is 7.43. The highest BCUT2D eigenvalue weighted by Gasteiger charge is 2.28. The van der Waals surface area contributed by atoms with Crippen LogP contribution in [0.15, 0.2) is 30.5 Å². The molecule has 116 valence electrons. The summed E-state index contributed by atoms with van der Waals surface area (Å²) < 4.78 is 1.78. The van der Waals surface area contributed by atoms with Crippen molar-refractivity contribution in [3.05, 3.63) is 41.9 Å². The second-order valence-corrected chi connectivity index (χ2v) is 5.91. The van der Waals surface area contributed by atoms with Crippen molar-refractivity contribution < 1.29 is 4.79 Å². The van der Waals surface area contributed by atoms with Crippen molar-refractivity contribution in [2.75, 3.05) is 5.32 Å². The molecule has 1 aliphatic carbocycles. The van der Waals surface area contributed by atoms with Crippen LogP contribution in [0.2, 0.25) is 0 Å². The van der Waals surface area contributed by atoms with E-state index in [1.165, 1.54) is 0 Å². The molecule has 1 saturated carbocycles. The Labute approximate surface area is 129 Å². The van der Waals surface area contributed by atoms with Crippen molar-refractivity contribution >= 4 is 11.7 Å². The fourth-order valence-electron chi connectivity index (χ4n) is 2.89. The second kappa shape index (κ2) is 6.27. The third-order valence-corrected chi connectivity index (χ3v) is 4.04. The van der Waals surface area contributed by atoms with E-state index in [4.69, 9.17) is 5.73 Å². The first-order chi connectivity index (χ1) is 10.6. The zero-order valence-electron chi connectivity index (χ0n) is 12.7. The number of carbonyl (C=O) groups excluding carboxylic acids is 1. The lowest BCUT2D eigenvalue weighted by atomic mass is 10.1. The van der Waals surface area contributed by atoms with Crippen LogP contribution in [0.1, 0.15) is 30.7 Å². The van der Waals surface area contributed by atoms with Gasteiger partial charge < -0.3 is 11.1 Å². The average Bonchev–Trinajstić information content (AvgIpc) is 3.07. The van der Waals surface area contributed by atoms with Crippen LogP contribution in [0.4, 0.5) is 5.82 Å². The van der Waals surface area contributed by atoms with Gasteiger partial charge >= 0.3 is 0 Å². The first-order valence-corrected chi connectivity index (χ1v) is 7.62. The zero-order valence-corrected chi connectivity index (χ0v) is 12.7. The predicted molar refractivity (Wildman–Crippen MR) is 84.2 cm³/mol. The third-order valence-electron chi connectivity index (χ3n) is 4.04. The average molecular weight is 299 g/mol. The van der Waals surface area contributed by atoms with E-state index in [2.05, 4.69) is 15.4 Å². The van der Waals surface area contributed by atoms with E-state index >= 15 is 0 Å². The molecule has 0 saturated heterocycles. The Hall–Kier alpha value is -2.21. The van der Waals surface area contributed by atoms with Crippen LogP contribution in [0.3, 0.4) is 0 Å². The Morgan fingerprint density at radius 3 is 3.00 bits per heavy atom. The van der Waals surface area contributed by atoms with E-state index in [0.29, 0.717) is 12.4 Å². The van der Waals surface area contributed by atoms with Crippen LogP contribution < -0.4 is 11.1 Å². The number of nitrogens with zero attached hydrogens (tertiary/aromatic N) is 3. The van der Waals surface area contributed by atoms with E-state index < -0.39 is 0 Å². The number of aromatic nitrogens is 3. The van der Waals surface area contributed by atoms with Gasteiger partial charge in [-0.15, -0.1) is 0 Å². The molecule has 2 atom stereocenters.